The summed E-state index contributed by atoms with van der Waals surface area (Å²) in [5.74, 6) is -3.04. The molecule has 0 aromatic carbocycles. The van der Waals surface area contributed by atoms with E-state index in [1.807, 2.05) is 27.7 Å². The second-order valence-corrected chi connectivity index (χ2v) is 15.2. The fourth-order valence-electron chi connectivity index (χ4n) is 5.12. The first-order valence-corrected chi connectivity index (χ1v) is 20.3. The van der Waals surface area contributed by atoms with Gasteiger partial charge >= 0.3 is 35.8 Å². The Morgan fingerprint density at radius 2 is 0.897 bits per heavy atom. The van der Waals surface area contributed by atoms with Gasteiger partial charge in [0.15, 0.2) is 0 Å². The Labute approximate surface area is 345 Å². The third-order valence-electron chi connectivity index (χ3n) is 9.87. The molecule has 0 aromatic heterocycles. The molecule has 1 aliphatic rings. The number of carboxylic acids is 1. The number of carbonyl (C=O) groups excluding carboxylic acids is 7. The lowest BCUT2D eigenvalue weighted by Crippen LogP contribution is -2.35. The number of esters is 5. The first kappa shape index (κ1) is 56.2. The predicted molar refractivity (Wildman–Crippen MR) is 212 cm³/mol. The molecular weight excluding hydrogens is 760 g/mol. The van der Waals surface area contributed by atoms with E-state index in [0.717, 1.165) is 25.7 Å². The van der Waals surface area contributed by atoms with Gasteiger partial charge in [0.25, 0.3) is 0 Å². The molecule has 16 nitrogen and oxygen atoms in total. The quantitative estimate of drug-likeness (QED) is 0.0492. The lowest BCUT2D eigenvalue weighted by molar-refractivity contribution is -0.163. The van der Waals surface area contributed by atoms with Crippen molar-refractivity contribution in [3.63, 3.8) is 0 Å². The van der Waals surface area contributed by atoms with Crippen molar-refractivity contribution in [2.24, 2.45) is 28.1 Å². The molecule has 3 atom stereocenters. The molecular formula is C42H72O16. The normalized spacial score (nSPS) is 17.7. The van der Waals surface area contributed by atoms with E-state index in [2.05, 4.69) is 0 Å². The summed E-state index contributed by atoms with van der Waals surface area (Å²) in [4.78, 5) is 89.9. The Bertz CT molecular complexity index is 1290. The number of hydrogen-bond acceptors (Lipinski definition) is 15. The van der Waals surface area contributed by atoms with Crippen LogP contribution in [0.1, 0.15) is 134 Å². The Hall–Kier alpha value is -3.92. The molecule has 0 heterocycles. The molecule has 1 aliphatic carbocycles. The summed E-state index contributed by atoms with van der Waals surface area (Å²) in [5.41, 5.74) is -2.13. The highest BCUT2D eigenvalue weighted by Gasteiger charge is 2.36. The summed E-state index contributed by atoms with van der Waals surface area (Å²) in [5, 5.41) is 8.97. The molecule has 1 saturated carbocycles. The van der Waals surface area contributed by atoms with Gasteiger partial charge in [-0.3, -0.25) is 38.4 Å². The van der Waals surface area contributed by atoms with Gasteiger partial charge in [0.05, 0.1) is 61.8 Å². The van der Waals surface area contributed by atoms with Crippen LogP contribution < -0.4 is 0 Å². The van der Waals surface area contributed by atoms with E-state index in [1.54, 1.807) is 34.6 Å². The monoisotopic (exact) mass is 832 g/mol. The molecule has 0 radical (unpaired) electrons. The third kappa shape index (κ3) is 23.5. The number of aliphatic carboxylic acids is 1. The molecule has 0 bridgehead atoms. The van der Waals surface area contributed by atoms with Gasteiger partial charge in [-0.2, -0.15) is 0 Å². The maximum atomic E-state index is 11.9. The summed E-state index contributed by atoms with van der Waals surface area (Å²) >= 11 is 0. The third-order valence-corrected chi connectivity index (χ3v) is 9.87. The fourth-order valence-corrected chi connectivity index (χ4v) is 5.12. The predicted octanol–water partition coefficient (Wildman–Crippen LogP) is 5.87. The first-order chi connectivity index (χ1) is 27.1. The first-order valence-electron chi connectivity index (χ1n) is 20.3. The SMILES string of the molecule is CCOC(=O)C(C)(CC)COC(=O)CC(C)=O.CCOC(=O)C(C)(CC)COCC1CCC(C(=O)O)CC1.CCOC(=O)C(C)(CC)COCCOC(=O)CC(C)=O. The van der Waals surface area contributed by atoms with Crippen molar-refractivity contribution in [3.05, 3.63) is 0 Å². The van der Waals surface area contributed by atoms with Crippen molar-refractivity contribution >= 4 is 47.4 Å². The minimum Gasteiger partial charge on any atom is -0.481 e. The maximum Gasteiger partial charge on any atom is 0.315 e. The molecule has 0 aliphatic heterocycles. The van der Waals surface area contributed by atoms with Crippen LogP contribution in [-0.4, -0.2) is 112 Å². The van der Waals surface area contributed by atoms with Crippen molar-refractivity contribution < 1.29 is 76.6 Å². The van der Waals surface area contributed by atoms with Gasteiger partial charge in [-0.25, -0.2) is 0 Å². The minimum atomic E-state index is -0.845. The standard InChI is InChI=1S/C16H28O5.C14H24O6.C12H20O5/c1-4-16(3,15(19)21-5-2)11-20-10-12-6-8-13(9-7-12)14(17)18;1-5-14(4,13(17)19-6-2)10-18-7-8-20-12(16)9-11(3)15;1-5-12(4,11(15)16-6-2)8-17-10(14)7-9(3)13/h12-13H,4-11H2,1-3H3,(H,17,18);5-10H2,1-4H3;5-8H2,1-4H3. The van der Waals surface area contributed by atoms with Crippen LogP contribution in [0.4, 0.5) is 0 Å². The zero-order valence-electron chi connectivity index (χ0n) is 37.0. The van der Waals surface area contributed by atoms with Crippen LogP contribution >= 0.6 is 0 Å². The van der Waals surface area contributed by atoms with E-state index in [-0.39, 0.29) is 75.3 Å². The molecule has 336 valence electrons. The largest absolute Gasteiger partial charge is 0.481 e. The highest BCUT2D eigenvalue weighted by Crippen LogP contribution is 2.30. The van der Waals surface area contributed by atoms with Crippen molar-refractivity contribution in [2.75, 3.05) is 59.5 Å². The van der Waals surface area contributed by atoms with Gasteiger partial charge in [0.2, 0.25) is 0 Å². The molecule has 1 N–H and O–H groups in total. The Morgan fingerprint density at radius 1 is 0.517 bits per heavy atom. The lowest BCUT2D eigenvalue weighted by atomic mass is 9.82. The van der Waals surface area contributed by atoms with Gasteiger partial charge in [0.1, 0.15) is 37.6 Å². The molecule has 0 saturated heterocycles. The summed E-state index contributed by atoms with van der Waals surface area (Å²) in [6, 6.07) is 0. The van der Waals surface area contributed by atoms with E-state index < -0.39 is 40.1 Å². The van der Waals surface area contributed by atoms with Crippen molar-refractivity contribution in [2.45, 2.75) is 134 Å². The minimum absolute atomic E-state index is 0.0611. The van der Waals surface area contributed by atoms with E-state index >= 15 is 0 Å². The fraction of sp³-hybridized carbons (Fsp3) is 0.810. The topological polar surface area (TPSA) is 221 Å². The van der Waals surface area contributed by atoms with Crippen LogP contribution in [0.3, 0.4) is 0 Å². The highest BCUT2D eigenvalue weighted by atomic mass is 16.6. The molecule has 3 unspecified atom stereocenters. The van der Waals surface area contributed by atoms with Gasteiger partial charge in [-0.05, 0) is 106 Å². The second-order valence-electron chi connectivity index (χ2n) is 15.2. The van der Waals surface area contributed by atoms with Crippen molar-refractivity contribution in [1.29, 1.82) is 0 Å². The molecule has 0 amide bonds. The number of ketones is 2. The summed E-state index contributed by atoms with van der Waals surface area (Å²) in [6.07, 6.45) is 4.52. The van der Waals surface area contributed by atoms with E-state index in [4.69, 9.17) is 38.3 Å². The van der Waals surface area contributed by atoms with Gasteiger partial charge < -0.3 is 38.3 Å². The van der Waals surface area contributed by atoms with Crippen molar-refractivity contribution in [3.8, 4) is 0 Å². The van der Waals surface area contributed by atoms with Crippen LogP contribution in [0.5, 0.6) is 0 Å². The molecule has 1 rings (SSSR count). The van der Waals surface area contributed by atoms with E-state index in [0.29, 0.717) is 51.6 Å². The second kappa shape index (κ2) is 30.2. The van der Waals surface area contributed by atoms with Crippen LogP contribution in [-0.2, 0) is 71.5 Å². The van der Waals surface area contributed by atoms with Gasteiger partial charge in [-0.15, -0.1) is 0 Å². The average molecular weight is 833 g/mol. The number of hydrogen-bond donors (Lipinski definition) is 1. The molecule has 58 heavy (non-hydrogen) atoms. The average Bonchev–Trinajstić information content (AvgIpc) is 3.17. The van der Waals surface area contributed by atoms with Crippen LogP contribution in [0.15, 0.2) is 0 Å². The summed E-state index contributed by atoms with van der Waals surface area (Å²) in [6.45, 7) is 21.2. The van der Waals surface area contributed by atoms with Crippen LogP contribution in [0.25, 0.3) is 0 Å². The molecule has 1 fully saturated rings. The zero-order valence-corrected chi connectivity index (χ0v) is 37.0. The van der Waals surface area contributed by atoms with Crippen molar-refractivity contribution in [1.82, 2.24) is 0 Å². The Kier molecular flexibility index (Phi) is 29.2. The van der Waals surface area contributed by atoms with Gasteiger partial charge in [0, 0.05) is 6.61 Å². The van der Waals surface area contributed by atoms with Gasteiger partial charge in [-0.1, -0.05) is 20.8 Å². The lowest BCUT2D eigenvalue weighted by Gasteiger charge is -2.29. The summed E-state index contributed by atoms with van der Waals surface area (Å²) < 4.78 is 35.8. The van der Waals surface area contributed by atoms with Crippen LogP contribution in [0, 0.1) is 28.1 Å². The molecule has 0 aromatic rings. The van der Waals surface area contributed by atoms with E-state index in [9.17, 15) is 38.4 Å². The number of rotatable bonds is 25. The van der Waals surface area contributed by atoms with E-state index in [1.165, 1.54) is 13.8 Å². The number of carboxylic acid groups (broad SMARTS) is 1. The smallest absolute Gasteiger partial charge is 0.315 e. The Balaban J connectivity index is 0. The number of carbonyl (C=O) groups is 8. The number of Topliss-reactive ketones (excluding diaryl/α,β-unsaturated/α-hetero) is 2. The Morgan fingerprint density at radius 3 is 1.26 bits per heavy atom. The molecule has 16 heteroatoms. The van der Waals surface area contributed by atoms with Crippen LogP contribution in [0.2, 0.25) is 0 Å². The highest BCUT2D eigenvalue weighted by molar-refractivity contribution is 5.94. The zero-order chi connectivity index (χ0) is 45.0. The maximum absolute atomic E-state index is 11.9. The molecule has 0 spiro atoms. The number of ether oxygens (including phenoxy) is 7. The summed E-state index contributed by atoms with van der Waals surface area (Å²) in [7, 11) is 0.